The van der Waals surface area contributed by atoms with E-state index in [1.165, 1.54) is 36.3 Å². The molecular weight excluding hydrogens is 820 g/mol. The number of carboxylic acids is 1. The number of methoxy groups -OCH3 is 1. The molecule has 0 spiro atoms. The summed E-state index contributed by atoms with van der Waals surface area (Å²) in [6, 6.07) is 15.4. The van der Waals surface area contributed by atoms with E-state index in [1.54, 1.807) is 36.4 Å². The van der Waals surface area contributed by atoms with Gasteiger partial charge in [0.15, 0.2) is 11.5 Å². The molecule has 14 heteroatoms. The molecule has 11 nitrogen and oxygen atoms in total. The highest BCUT2D eigenvalue weighted by Crippen LogP contribution is 2.64. The lowest BCUT2D eigenvalue weighted by Gasteiger charge is -2.50. The molecule has 2 aliphatic carbocycles. The van der Waals surface area contributed by atoms with E-state index in [0.29, 0.717) is 44.7 Å². The minimum atomic E-state index is -1.58. The number of nitrogens with zero attached hydrogens (tertiary/aromatic N) is 2. The first-order valence-electron chi connectivity index (χ1n) is 17.4. The third-order valence-electron chi connectivity index (χ3n) is 11.2. The predicted molar refractivity (Wildman–Crippen MR) is 199 cm³/mol. The van der Waals surface area contributed by atoms with Crippen LogP contribution in [-0.4, -0.2) is 63.4 Å². The molecule has 7 rings (SSSR count). The van der Waals surface area contributed by atoms with Crippen LogP contribution in [0.1, 0.15) is 55.6 Å². The van der Waals surface area contributed by atoms with Gasteiger partial charge in [-0.1, -0.05) is 41.8 Å². The van der Waals surface area contributed by atoms with Gasteiger partial charge in [-0.05, 0) is 114 Å². The number of hydrazine groups is 1. The van der Waals surface area contributed by atoms with E-state index in [2.05, 4.69) is 5.43 Å². The number of carbonyl (C=O) groups is 5. The zero-order valence-corrected chi connectivity index (χ0v) is 31.5. The Bertz CT molecular complexity index is 2040. The van der Waals surface area contributed by atoms with Crippen molar-refractivity contribution in [2.24, 2.45) is 23.7 Å². The smallest absolute Gasteiger partial charge is 0.303 e. The number of fused-ring (bicyclic) bond motifs is 4. The zero-order chi connectivity index (χ0) is 37.8. The second-order valence-corrected chi connectivity index (χ2v) is 15.6. The molecule has 3 N–H and O–H groups in total. The van der Waals surface area contributed by atoms with Gasteiger partial charge in [0.05, 0.1) is 39.5 Å². The fourth-order valence-electron chi connectivity index (χ4n) is 8.95. The van der Waals surface area contributed by atoms with Crippen LogP contribution in [-0.2, 0) is 29.4 Å². The van der Waals surface area contributed by atoms with Crippen molar-refractivity contribution in [3.8, 4) is 11.5 Å². The van der Waals surface area contributed by atoms with Crippen molar-refractivity contribution in [3.05, 3.63) is 97.8 Å². The molecule has 0 unspecified atom stereocenters. The maximum Gasteiger partial charge on any atom is 0.303 e. The summed E-state index contributed by atoms with van der Waals surface area (Å²) in [5.41, 5.74) is 3.46. The quantitative estimate of drug-likeness (QED) is 0.0858. The largest absolute Gasteiger partial charge is 0.504 e. The zero-order valence-electron chi connectivity index (χ0n) is 28.6. The monoisotopic (exact) mass is 855 g/mol. The van der Waals surface area contributed by atoms with Crippen LogP contribution in [0, 0.1) is 33.1 Å². The number of aliphatic carboxylic acids is 1. The Morgan fingerprint density at radius 1 is 1.00 bits per heavy atom. The molecule has 2 aliphatic heterocycles. The number of carboxylic acid groups (broad SMARTS) is 1. The number of nitrogens with one attached hydrogen (secondary N) is 1. The van der Waals surface area contributed by atoms with E-state index in [1.807, 2.05) is 28.7 Å². The number of hydrogen-bond donors (Lipinski definition) is 3. The molecule has 0 bridgehead atoms. The van der Waals surface area contributed by atoms with Gasteiger partial charge in [0.1, 0.15) is 5.82 Å². The fraction of sp³-hybridized carbons (Fsp3) is 0.359. The van der Waals surface area contributed by atoms with E-state index in [0.717, 1.165) is 10.6 Å². The van der Waals surface area contributed by atoms with Crippen LogP contribution in [0.4, 0.5) is 10.1 Å². The summed E-state index contributed by atoms with van der Waals surface area (Å²) in [5.74, 6) is -7.02. The van der Waals surface area contributed by atoms with Crippen LogP contribution < -0.4 is 10.2 Å². The summed E-state index contributed by atoms with van der Waals surface area (Å²) in [4.78, 5) is 70.4. The summed E-state index contributed by atoms with van der Waals surface area (Å²) in [6.07, 6.45) is 3.68. The van der Waals surface area contributed by atoms with Crippen molar-refractivity contribution in [2.45, 2.75) is 49.9 Å². The Labute approximate surface area is 323 Å². The van der Waals surface area contributed by atoms with Gasteiger partial charge >= 0.3 is 5.97 Å². The number of hydrogen-bond acceptors (Lipinski definition) is 8. The van der Waals surface area contributed by atoms with E-state index in [9.17, 15) is 28.7 Å². The van der Waals surface area contributed by atoms with Crippen LogP contribution in [0.3, 0.4) is 0 Å². The molecule has 53 heavy (non-hydrogen) atoms. The Morgan fingerprint density at radius 2 is 1.72 bits per heavy atom. The molecule has 276 valence electrons. The normalized spacial score (nSPS) is 26.3. The Hall–Kier alpha value is -4.50. The SMILES string of the molecule is COc1cc([C@H]2C3=CC[C@@H]4C(=O)N(CCCCCC(=O)O)C(=O)[C@@H]4[C@@H]3C[C@H]3C(=O)N(Nc4ccc(F)cc4)C(=O)[C@@]23c2ccc(Cl)cc2)cc(I)c1O. The van der Waals surface area contributed by atoms with Gasteiger partial charge in [-0.25, -0.2) is 4.39 Å². The summed E-state index contributed by atoms with van der Waals surface area (Å²) < 4.78 is 19.9. The number of imide groups is 2. The highest BCUT2D eigenvalue weighted by molar-refractivity contribution is 14.1. The molecule has 4 amide bonds. The number of phenolic OH excluding ortho intramolecular Hbond substituents is 1. The Balaban J connectivity index is 1.37. The van der Waals surface area contributed by atoms with Gasteiger partial charge in [-0.15, -0.1) is 0 Å². The van der Waals surface area contributed by atoms with Crippen LogP contribution >= 0.6 is 34.2 Å². The molecule has 3 fully saturated rings. The first-order valence-corrected chi connectivity index (χ1v) is 18.8. The number of amides is 4. The third-order valence-corrected chi connectivity index (χ3v) is 12.3. The van der Waals surface area contributed by atoms with Crippen molar-refractivity contribution in [1.29, 1.82) is 0 Å². The van der Waals surface area contributed by atoms with Crippen LogP contribution in [0.25, 0.3) is 0 Å². The minimum absolute atomic E-state index is 0.00140. The number of carbonyl (C=O) groups excluding carboxylic acids is 4. The average Bonchev–Trinajstić information content (AvgIpc) is 3.50. The lowest BCUT2D eigenvalue weighted by Crippen LogP contribution is -2.53. The number of unbranched alkanes of at least 4 members (excludes halogenated alkanes) is 2. The predicted octanol–water partition coefficient (Wildman–Crippen LogP) is 6.43. The summed E-state index contributed by atoms with van der Waals surface area (Å²) >= 11 is 8.34. The van der Waals surface area contributed by atoms with E-state index in [-0.39, 0.29) is 49.1 Å². The lowest BCUT2D eigenvalue weighted by atomic mass is 9.49. The first-order chi connectivity index (χ1) is 25.4. The Morgan fingerprint density at radius 3 is 2.40 bits per heavy atom. The molecular formula is C39H36ClFIN3O8. The number of halogens is 3. The fourth-order valence-corrected chi connectivity index (χ4v) is 9.71. The molecule has 0 radical (unpaired) electrons. The van der Waals surface area contributed by atoms with Crippen LogP contribution in [0.5, 0.6) is 11.5 Å². The molecule has 4 aliphatic rings. The van der Waals surface area contributed by atoms with Gasteiger partial charge < -0.3 is 14.9 Å². The standard InChI is InChI=1S/C39H36ClFIN3O8/c1-53-30-18-20(17-29(42)34(30)48)33-25-14-15-26-32(37(51)44(35(26)49)16-4-2-3-5-31(46)47)27(25)19-28-36(50)45(43-24-12-10-23(41)11-13-24)38(52)39(28,33)21-6-8-22(40)9-7-21/h6-14,17-18,26-28,32-33,43,48H,2-5,15-16,19H2,1H3,(H,46,47)/t26-,27+,28-,32-,33-,39+/m0/s1. The Kier molecular flexibility index (Phi) is 10.00. The summed E-state index contributed by atoms with van der Waals surface area (Å²) in [5, 5.41) is 21.3. The summed E-state index contributed by atoms with van der Waals surface area (Å²) in [6.45, 7) is 0.161. The second kappa shape index (κ2) is 14.4. The van der Waals surface area contributed by atoms with Crippen molar-refractivity contribution in [2.75, 3.05) is 19.1 Å². The van der Waals surface area contributed by atoms with Gasteiger partial charge in [0.2, 0.25) is 11.8 Å². The van der Waals surface area contributed by atoms with Crippen LogP contribution in [0.2, 0.25) is 5.02 Å². The van der Waals surface area contributed by atoms with E-state index < -0.39 is 58.6 Å². The molecule has 2 heterocycles. The van der Waals surface area contributed by atoms with Crippen molar-refractivity contribution in [1.82, 2.24) is 9.91 Å². The van der Waals surface area contributed by atoms with Crippen molar-refractivity contribution in [3.63, 3.8) is 0 Å². The maximum atomic E-state index is 15.3. The van der Waals surface area contributed by atoms with E-state index >= 15 is 4.79 Å². The number of rotatable bonds is 11. The molecule has 3 aromatic carbocycles. The molecule has 1 saturated carbocycles. The third kappa shape index (κ3) is 6.15. The number of aromatic hydroxyl groups is 1. The number of anilines is 1. The van der Waals surface area contributed by atoms with Crippen molar-refractivity contribution >= 4 is 69.5 Å². The van der Waals surface area contributed by atoms with Gasteiger partial charge in [0.25, 0.3) is 11.8 Å². The van der Waals surface area contributed by atoms with Gasteiger partial charge in [-0.3, -0.25) is 34.3 Å². The highest BCUT2D eigenvalue weighted by atomic mass is 127. The lowest BCUT2D eigenvalue weighted by molar-refractivity contribution is -0.141. The molecule has 0 aromatic heterocycles. The number of allylic oxidation sites excluding steroid dienone is 2. The second-order valence-electron chi connectivity index (χ2n) is 14.0. The summed E-state index contributed by atoms with van der Waals surface area (Å²) in [7, 11) is 1.42. The molecule has 2 saturated heterocycles. The number of likely N-dealkylation sites (tertiary alicyclic amines) is 1. The highest BCUT2D eigenvalue weighted by Gasteiger charge is 2.70. The maximum absolute atomic E-state index is 15.3. The topological polar surface area (TPSA) is 154 Å². The molecule has 6 atom stereocenters. The first kappa shape index (κ1) is 36.8. The molecule has 3 aromatic rings. The number of ether oxygens (including phenoxy) is 1. The number of benzene rings is 3. The van der Waals surface area contributed by atoms with Crippen LogP contribution in [0.15, 0.2) is 72.3 Å². The van der Waals surface area contributed by atoms with Gasteiger partial charge in [-0.2, -0.15) is 5.01 Å². The van der Waals surface area contributed by atoms with E-state index in [4.69, 9.17) is 21.4 Å². The number of phenols is 1. The average molecular weight is 856 g/mol. The van der Waals surface area contributed by atoms with Gasteiger partial charge in [0, 0.05) is 23.9 Å². The van der Waals surface area contributed by atoms with Crippen molar-refractivity contribution < 1.29 is 43.3 Å². The minimum Gasteiger partial charge on any atom is -0.504 e.